The Morgan fingerprint density at radius 2 is 2.06 bits per heavy atom. The lowest BCUT2D eigenvalue weighted by atomic mass is 10.1. The lowest BCUT2D eigenvalue weighted by Crippen LogP contribution is -2.14. The van der Waals surface area contributed by atoms with E-state index in [2.05, 4.69) is 9.97 Å². The number of nitrogens with two attached hydrogens (primary N) is 1. The molecule has 1 aromatic carbocycles. The fourth-order valence-electron chi connectivity index (χ4n) is 1.65. The Kier molecular flexibility index (Phi) is 3.46. The lowest BCUT2D eigenvalue weighted by Gasteiger charge is -2.09. The van der Waals surface area contributed by atoms with Crippen LogP contribution in [0.1, 0.15) is 17.5 Å². The van der Waals surface area contributed by atoms with Crippen molar-refractivity contribution in [1.82, 2.24) is 9.97 Å². The van der Waals surface area contributed by atoms with Crippen molar-refractivity contribution in [3.8, 4) is 11.3 Å². The zero-order valence-electron chi connectivity index (χ0n) is 9.67. The van der Waals surface area contributed by atoms with Crippen LogP contribution in [0.15, 0.2) is 36.5 Å². The number of benzene rings is 1. The summed E-state index contributed by atoms with van der Waals surface area (Å²) in [6.45, 7) is 2.15. The van der Waals surface area contributed by atoms with Crippen molar-refractivity contribution >= 4 is 0 Å². The van der Waals surface area contributed by atoms with Gasteiger partial charge in [0.1, 0.15) is 6.10 Å². The number of rotatable bonds is 3. The van der Waals surface area contributed by atoms with E-state index < -0.39 is 6.10 Å². The Labute approximate surface area is 100 Å². The molecule has 0 amide bonds. The van der Waals surface area contributed by atoms with Gasteiger partial charge in [0.05, 0.1) is 5.69 Å². The minimum atomic E-state index is -0.807. The lowest BCUT2D eigenvalue weighted by molar-refractivity contribution is 0.176. The number of aliphatic hydroxyl groups is 1. The Bertz CT molecular complexity index is 514. The van der Waals surface area contributed by atoms with Gasteiger partial charge < -0.3 is 10.8 Å². The van der Waals surface area contributed by atoms with Crippen molar-refractivity contribution < 1.29 is 5.11 Å². The fourth-order valence-corrected chi connectivity index (χ4v) is 1.65. The summed E-state index contributed by atoms with van der Waals surface area (Å²) in [5.74, 6) is 0.369. The highest BCUT2D eigenvalue weighted by Crippen LogP contribution is 2.21. The topological polar surface area (TPSA) is 72.0 Å². The van der Waals surface area contributed by atoms with Gasteiger partial charge in [-0.2, -0.15) is 0 Å². The van der Waals surface area contributed by atoms with E-state index in [1.54, 1.807) is 6.20 Å². The van der Waals surface area contributed by atoms with Crippen LogP contribution in [0.25, 0.3) is 11.3 Å². The number of nitrogens with zero attached hydrogens (tertiary/aromatic N) is 2. The van der Waals surface area contributed by atoms with E-state index >= 15 is 0 Å². The van der Waals surface area contributed by atoms with E-state index in [-0.39, 0.29) is 6.54 Å². The van der Waals surface area contributed by atoms with Gasteiger partial charge >= 0.3 is 0 Å². The van der Waals surface area contributed by atoms with Crippen LogP contribution in [0.3, 0.4) is 0 Å². The van der Waals surface area contributed by atoms with Crippen LogP contribution >= 0.6 is 0 Å². The third kappa shape index (κ3) is 2.49. The third-order valence-corrected chi connectivity index (χ3v) is 2.62. The summed E-state index contributed by atoms with van der Waals surface area (Å²) in [7, 11) is 0. The standard InChI is InChI=1S/C13H15N3O/c1-9-4-2-3-5-10(9)11-6-7-15-13(16-11)12(17)8-14/h2-7,12,17H,8,14H2,1H3. The molecule has 0 radical (unpaired) electrons. The summed E-state index contributed by atoms with van der Waals surface area (Å²) in [5.41, 5.74) is 8.38. The number of hydrogen-bond acceptors (Lipinski definition) is 4. The van der Waals surface area contributed by atoms with Crippen molar-refractivity contribution in [3.05, 3.63) is 47.9 Å². The van der Waals surface area contributed by atoms with Crippen molar-refractivity contribution in [2.45, 2.75) is 13.0 Å². The highest BCUT2D eigenvalue weighted by Gasteiger charge is 2.10. The van der Waals surface area contributed by atoms with E-state index in [1.807, 2.05) is 37.3 Å². The normalized spacial score (nSPS) is 12.4. The zero-order valence-corrected chi connectivity index (χ0v) is 9.67. The number of aromatic nitrogens is 2. The molecule has 2 aromatic rings. The SMILES string of the molecule is Cc1ccccc1-c1ccnc(C(O)CN)n1. The molecule has 0 saturated carbocycles. The second-order valence-corrected chi connectivity index (χ2v) is 3.87. The molecule has 0 aliphatic rings. The smallest absolute Gasteiger partial charge is 0.158 e. The second kappa shape index (κ2) is 5.03. The number of aryl methyl sites for hydroxylation is 1. The molecular weight excluding hydrogens is 214 g/mol. The number of aliphatic hydroxyl groups excluding tert-OH is 1. The summed E-state index contributed by atoms with van der Waals surface area (Å²) in [6, 6.07) is 9.79. The Hall–Kier alpha value is -1.78. The molecule has 0 bridgehead atoms. The van der Waals surface area contributed by atoms with Gasteiger partial charge in [-0.05, 0) is 18.6 Å². The van der Waals surface area contributed by atoms with Gasteiger partial charge in [0, 0.05) is 18.3 Å². The summed E-state index contributed by atoms with van der Waals surface area (Å²) in [6.07, 6.45) is 0.835. The molecular formula is C13H15N3O. The second-order valence-electron chi connectivity index (χ2n) is 3.87. The van der Waals surface area contributed by atoms with Gasteiger partial charge in [0.25, 0.3) is 0 Å². The van der Waals surface area contributed by atoms with Crippen molar-refractivity contribution in [3.63, 3.8) is 0 Å². The molecule has 1 heterocycles. The van der Waals surface area contributed by atoms with Gasteiger partial charge in [-0.25, -0.2) is 9.97 Å². The zero-order chi connectivity index (χ0) is 12.3. The summed E-state index contributed by atoms with van der Waals surface area (Å²) >= 11 is 0. The van der Waals surface area contributed by atoms with Crippen LogP contribution in [0.5, 0.6) is 0 Å². The van der Waals surface area contributed by atoms with Crippen LogP contribution in [-0.4, -0.2) is 21.6 Å². The van der Waals surface area contributed by atoms with Gasteiger partial charge in [-0.15, -0.1) is 0 Å². The molecule has 3 N–H and O–H groups in total. The Balaban J connectivity index is 2.43. The van der Waals surface area contributed by atoms with Crippen LogP contribution in [0.2, 0.25) is 0 Å². The Morgan fingerprint density at radius 1 is 1.29 bits per heavy atom. The molecule has 88 valence electrons. The van der Waals surface area contributed by atoms with Gasteiger partial charge in [-0.1, -0.05) is 24.3 Å². The molecule has 0 spiro atoms. The highest BCUT2D eigenvalue weighted by molar-refractivity contribution is 5.62. The fraction of sp³-hybridized carbons (Fsp3) is 0.231. The van der Waals surface area contributed by atoms with Crippen molar-refractivity contribution in [2.24, 2.45) is 5.73 Å². The highest BCUT2D eigenvalue weighted by atomic mass is 16.3. The van der Waals surface area contributed by atoms with Crippen LogP contribution in [-0.2, 0) is 0 Å². The van der Waals surface area contributed by atoms with Gasteiger partial charge in [0.15, 0.2) is 5.82 Å². The molecule has 0 saturated heterocycles. The summed E-state index contributed by atoms with van der Waals surface area (Å²) in [5, 5.41) is 9.62. The first-order valence-electron chi connectivity index (χ1n) is 5.49. The molecule has 17 heavy (non-hydrogen) atoms. The molecule has 1 unspecified atom stereocenters. The number of hydrogen-bond donors (Lipinski definition) is 2. The van der Waals surface area contributed by atoms with Crippen molar-refractivity contribution in [1.29, 1.82) is 0 Å². The average Bonchev–Trinajstić information content (AvgIpc) is 2.38. The first-order chi connectivity index (χ1) is 8.22. The van der Waals surface area contributed by atoms with E-state index in [1.165, 1.54) is 0 Å². The maximum atomic E-state index is 9.62. The molecule has 4 nitrogen and oxygen atoms in total. The van der Waals surface area contributed by atoms with Crippen molar-refractivity contribution in [2.75, 3.05) is 6.54 Å². The summed E-state index contributed by atoms with van der Waals surface area (Å²) < 4.78 is 0. The largest absolute Gasteiger partial charge is 0.384 e. The van der Waals surface area contributed by atoms with E-state index in [4.69, 9.17) is 5.73 Å². The first kappa shape index (κ1) is 11.7. The molecule has 0 aliphatic carbocycles. The molecule has 2 rings (SSSR count). The van der Waals surface area contributed by atoms with Gasteiger partial charge in [0.2, 0.25) is 0 Å². The van der Waals surface area contributed by atoms with E-state index in [0.29, 0.717) is 5.82 Å². The first-order valence-corrected chi connectivity index (χ1v) is 5.49. The molecule has 4 heteroatoms. The molecule has 0 fully saturated rings. The van der Waals surface area contributed by atoms with Gasteiger partial charge in [-0.3, -0.25) is 0 Å². The minimum absolute atomic E-state index is 0.122. The summed E-state index contributed by atoms with van der Waals surface area (Å²) in [4.78, 5) is 8.36. The molecule has 1 aromatic heterocycles. The maximum Gasteiger partial charge on any atom is 0.158 e. The van der Waals surface area contributed by atoms with Crippen LogP contribution < -0.4 is 5.73 Å². The van der Waals surface area contributed by atoms with Crippen LogP contribution in [0.4, 0.5) is 0 Å². The predicted molar refractivity (Wildman–Crippen MR) is 66.2 cm³/mol. The monoisotopic (exact) mass is 229 g/mol. The quantitative estimate of drug-likeness (QED) is 0.835. The maximum absolute atomic E-state index is 9.62. The van der Waals surface area contributed by atoms with E-state index in [0.717, 1.165) is 16.8 Å². The Morgan fingerprint density at radius 3 is 2.76 bits per heavy atom. The molecule has 0 aliphatic heterocycles. The third-order valence-electron chi connectivity index (χ3n) is 2.62. The minimum Gasteiger partial charge on any atom is -0.384 e. The predicted octanol–water partition coefficient (Wildman–Crippen LogP) is 1.44. The van der Waals surface area contributed by atoms with E-state index in [9.17, 15) is 5.11 Å². The average molecular weight is 229 g/mol. The molecule has 1 atom stereocenters. The van der Waals surface area contributed by atoms with Crippen LogP contribution in [0, 0.1) is 6.92 Å².